The minimum Gasteiger partial charge on any atom is -0.342 e. The average molecular weight is 429 g/mol. The first-order valence-corrected chi connectivity index (χ1v) is 11.2. The van der Waals surface area contributed by atoms with Crippen molar-refractivity contribution in [2.24, 2.45) is 14.1 Å². The largest absolute Gasteiger partial charge is 0.342 e. The molecule has 0 unspecified atom stereocenters. The number of aromatic amines is 1. The van der Waals surface area contributed by atoms with E-state index in [1.165, 1.54) is 22.6 Å². The summed E-state index contributed by atoms with van der Waals surface area (Å²) in [5, 5.41) is 0. The Hall–Kier alpha value is -2.68. The number of nitrogens with zero attached hydrogens (tertiary/aromatic N) is 5. The van der Waals surface area contributed by atoms with Crippen LogP contribution in [0.1, 0.15) is 55.0 Å². The van der Waals surface area contributed by atoms with E-state index in [4.69, 9.17) is 4.98 Å². The zero-order chi connectivity index (χ0) is 22.1. The molecule has 9 heteroatoms. The van der Waals surface area contributed by atoms with Crippen LogP contribution in [-0.4, -0.2) is 50.2 Å². The summed E-state index contributed by atoms with van der Waals surface area (Å²) in [4.78, 5) is 49.1. The summed E-state index contributed by atoms with van der Waals surface area (Å²) in [6.07, 6.45) is 5.28. The van der Waals surface area contributed by atoms with Gasteiger partial charge in [-0.25, -0.2) is 9.78 Å². The molecule has 4 rings (SSSR count). The number of hydrogen-bond acceptors (Lipinski definition) is 6. The molecular weight excluding hydrogens is 396 g/mol. The molecule has 0 radical (unpaired) electrons. The van der Waals surface area contributed by atoms with Crippen molar-refractivity contribution in [3.05, 3.63) is 54.2 Å². The van der Waals surface area contributed by atoms with E-state index in [0.29, 0.717) is 18.1 Å². The van der Waals surface area contributed by atoms with Gasteiger partial charge in [0.15, 0.2) is 0 Å². The van der Waals surface area contributed by atoms with Gasteiger partial charge >= 0.3 is 5.69 Å². The number of H-pyrrole nitrogens is 1. The van der Waals surface area contributed by atoms with Gasteiger partial charge in [0.1, 0.15) is 0 Å². The van der Waals surface area contributed by atoms with E-state index >= 15 is 0 Å². The molecular formula is C22H32N6O3. The Bertz CT molecular complexity index is 1120. The number of aromatic nitrogens is 4. The highest BCUT2D eigenvalue weighted by atomic mass is 16.2. The van der Waals surface area contributed by atoms with E-state index in [9.17, 15) is 14.4 Å². The standard InChI is InChI=1S/C22H32N6O3/c1-15-17(20(30)26(3)22(31)25(15)2)14-27-11-7-16(8-12-27)18-13-19(29)24-21(23-18)28-9-5-4-6-10-28/h13,16H,4-12,14H2,1-3H3,(H,23,24,29). The van der Waals surface area contributed by atoms with Crippen molar-refractivity contribution in [3.8, 4) is 0 Å². The Labute approximate surface area is 181 Å². The summed E-state index contributed by atoms with van der Waals surface area (Å²) >= 11 is 0. The van der Waals surface area contributed by atoms with Crippen LogP contribution in [0.15, 0.2) is 20.4 Å². The van der Waals surface area contributed by atoms with Crippen molar-refractivity contribution >= 4 is 5.95 Å². The van der Waals surface area contributed by atoms with Crippen molar-refractivity contribution in [2.75, 3.05) is 31.1 Å². The van der Waals surface area contributed by atoms with Gasteiger partial charge < -0.3 is 9.47 Å². The van der Waals surface area contributed by atoms with Crippen LogP contribution in [0, 0.1) is 6.92 Å². The fraction of sp³-hybridized carbons (Fsp3) is 0.636. The van der Waals surface area contributed by atoms with E-state index in [2.05, 4.69) is 14.8 Å². The van der Waals surface area contributed by atoms with Gasteiger partial charge in [-0.2, -0.15) is 0 Å². The number of hydrogen-bond donors (Lipinski definition) is 1. The molecule has 168 valence electrons. The van der Waals surface area contributed by atoms with Gasteiger partial charge in [0.25, 0.3) is 11.1 Å². The van der Waals surface area contributed by atoms with Crippen molar-refractivity contribution in [1.82, 2.24) is 24.0 Å². The molecule has 2 saturated heterocycles. The van der Waals surface area contributed by atoms with E-state index in [1.54, 1.807) is 13.1 Å². The monoisotopic (exact) mass is 428 g/mol. The molecule has 0 aliphatic carbocycles. The molecule has 2 aliphatic heterocycles. The molecule has 1 N–H and O–H groups in total. The van der Waals surface area contributed by atoms with Crippen molar-refractivity contribution in [3.63, 3.8) is 0 Å². The summed E-state index contributed by atoms with van der Waals surface area (Å²) in [5.41, 5.74) is 1.66. The van der Waals surface area contributed by atoms with Crippen LogP contribution in [0.25, 0.3) is 0 Å². The van der Waals surface area contributed by atoms with E-state index in [1.807, 2.05) is 6.92 Å². The third-order valence-electron chi connectivity index (χ3n) is 6.87. The third kappa shape index (κ3) is 4.37. The number of likely N-dealkylation sites (tertiary alicyclic amines) is 1. The minimum absolute atomic E-state index is 0.0858. The van der Waals surface area contributed by atoms with Gasteiger partial charge in [0.2, 0.25) is 5.95 Å². The van der Waals surface area contributed by atoms with Crippen LogP contribution in [0.5, 0.6) is 0 Å². The summed E-state index contributed by atoms with van der Waals surface area (Å²) < 4.78 is 2.71. The molecule has 0 amide bonds. The lowest BCUT2D eigenvalue weighted by molar-refractivity contribution is 0.201. The number of rotatable bonds is 4. The number of anilines is 1. The molecule has 0 saturated carbocycles. The number of nitrogens with one attached hydrogen (secondary N) is 1. The SMILES string of the molecule is Cc1c(CN2CCC(c3cc(=O)[nH]c(N4CCCCC4)n3)CC2)c(=O)n(C)c(=O)n1C. The van der Waals surface area contributed by atoms with Crippen LogP contribution in [0.3, 0.4) is 0 Å². The van der Waals surface area contributed by atoms with Crippen molar-refractivity contribution in [2.45, 2.75) is 51.5 Å². The lowest BCUT2D eigenvalue weighted by Crippen LogP contribution is -2.43. The third-order valence-corrected chi connectivity index (χ3v) is 6.87. The topological polar surface area (TPSA) is 96.2 Å². The first kappa shape index (κ1) is 21.5. The minimum atomic E-state index is -0.296. The van der Waals surface area contributed by atoms with Crippen LogP contribution in [0.4, 0.5) is 5.95 Å². The molecule has 2 fully saturated rings. The molecule has 2 aliphatic rings. The second kappa shape index (κ2) is 8.82. The maximum absolute atomic E-state index is 12.6. The fourth-order valence-corrected chi connectivity index (χ4v) is 4.74. The molecule has 0 aromatic carbocycles. The highest BCUT2D eigenvalue weighted by Crippen LogP contribution is 2.28. The maximum atomic E-state index is 12.6. The maximum Gasteiger partial charge on any atom is 0.330 e. The Morgan fingerprint density at radius 2 is 1.68 bits per heavy atom. The normalized spacial score (nSPS) is 18.5. The summed E-state index contributed by atoms with van der Waals surface area (Å²) in [7, 11) is 3.23. The average Bonchev–Trinajstić information content (AvgIpc) is 2.80. The lowest BCUT2D eigenvalue weighted by atomic mass is 9.93. The van der Waals surface area contributed by atoms with Gasteiger partial charge in [-0.3, -0.25) is 24.0 Å². The van der Waals surface area contributed by atoms with E-state index in [-0.39, 0.29) is 22.7 Å². The van der Waals surface area contributed by atoms with E-state index < -0.39 is 0 Å². The summed E-state index contributed by atoms with van der Waals surface area (Å²) in [6.45, 7) is 5.89. The fourth-order valence-electron chi connectivity index (χ4n) is 4.74. The predicted octanol–water partition coefficient (Wildman–Crippen LogP) is 0.846. The van der Waals surface area contributed by atoms with Crippen LogP contribution in [-0.2, 0) is 20.6 Å². The smallest absolute Gasteiger partial charge is 0.330 e. The Balaban J connectivity index is 1.46. The molecule has 4 heterocycles. The first-order chi connectivity index (χ1) is 14.8. The molecule has 2 aromatic rings. The lowest BCUT2D eigenvalue weighted by Gasteiger charge is -2.32. The summed E-state index contributed by atoms with van der Waals surface area (Å²) in [6, 6.07) is 1.64. The molecule has 0 bridgehead atoms. The quantitative estimate of drug-likeness (QED) is 0.776. The van der Waals surface area contributed by atoms with Gasteiger partial charge in [0.05, 0.1) is 11.3 Å². The van der Waals surface area contributed by atoms with Gasteiger partial charge in [-0.05, 0) is 52.1 Å². The predicted molar refractivity (Wildman–Crippen MR) is 120 cm³/mol. The van der Waals surface area contributed by atoms with Gasteiger partial charge in [-0.15, -0.1) is 0 Å². The Morgan fingerprint density at radius 3 is 2.35 bits per heavy atom. The van der Waals surface area contributed by atoms with Crippen LogP contribution in [0.2, 0.25) is 0 Å². The second-order valence-corrected chi connectivity index (χ2v) is 8.86. The molecule has 2 aromatic heterocycles. The second-order valence-electron chi connectivity index (χ2n) is 8.86. The Kier molecular flexibility index (Phi) is 6.13. The van der Waals surface area contributed by atoms with Crippen molar-refractivity contribution < 1.29 is 0 Å². The van der Waals surface area contributed by atoms with Crippen molar-refractivity contribution in [1.29, 1.82) is 0 Å². The van der Waals surface area contributed by atoms with Crippen LogP contribution >= 0.6 is 0 Å². The van der Waals surface area contributed by atoms with E-state index in [0.717, 1.165) is 63.3 Å². The highest BCUT2D eigenvalue weighted by molar-refractivity contribution is 5.31. The van der Waals surface area contributed by atoms with Gasteiger partial charge in [0, 0.05) is 51.4 Å². The summed E-state index contributed by atoms with van der Waals surface area (Å²) in [5.74, 6) is 0.945. The molecule has 0 atom stereocenters. The van der Waals surface area contributed by atoms with Gasteiger partial charge in [-0.1, -0.05) is 0 Å². The molecule has 9 nitrogen and oxygen atoms in total. The zero-order valence-electron chi connectivity index (χ0n) is 18.7. The Morgan fingerprint density at radius 1 is 1.00 bits per heavy atom. The molecule has 0 spiro atoms. The number of piperidine rings is 2. The zero-order valence-corrected chi connectivity index (χ0v) is 18.7. The van der Waals surface area contributed by atoms with Crippen LogP contribution < -0.4 is 21.7 Å². The highest BCUT2D eigenvalue weighted by Gasteiger charge is 2.25. The first-order valence-electron chi connectivity index (χ1n) is 11.2. The molecule has 31 heavy (non-hydrogen) atoms.